The summed E-state index contributed by atoms with van der Waals surface area (Å²) < 4.78 is 31.2. The molecule has 0 radical (unpaired) electrons. The Labute approximate surface area is 115 Å². The monoisotopic (exact) mass is 295 g/mol. The van der Waals surface area contributed by atoms with Gasteiger partial charge in [0.05, 0.1) is 17.8 Å². The Morgan fingerprint density at radius 3 is 2.70 bits per heavy atom. The molecule has 0 unspecified atom stereocenters. The molecule has 20 heavy (non-hydrogen) atoms. The molecule has 106 valence electrons. The predicted molar refractivity (Wildman–Crippen MR) is 69.5 cm³/mol. The summed E-state index contributed by atoms with van der Waals surface area (Å²) >= 11 is 0. The summed E-state index contributed by atoms with van der Waals surface area (Å²) in [5.41, 5.74) is 0.599. The lowest BCUT2D eigenvalue weighted by Crippen LogP contribution is -2.26. The van der Waals surface area contributed by atoms with Crippen LogP contribution in [0.25, 0.3) is 0 Å². The topological polar surface area (TPSA) is 96.3 Å². The summed E-state index contributed by atoms with van der Waals surface area (Å²) in [6.45, 7) is 3.43. The molecule has 7 nitrogen and oxygen atoms in total. The van der Waals surface area contributed by atoms with E-state index in [1.165, 1.54) is 10.4 Å². The molecule has 1 aliphatic rings. The molecule has 0 atom stereocenters. The molecule has 0 saturated heterocycles. The van der Waals surface area contributed by atoms with Gasteiger partial charge in [0.2, 0.25) is 5.09 Å². The highest BCUT2D eigenvalue weighted by Crippen LogP contribution is 2.26. The largest absolute Gasteiger partial charge is 0.449 e. The highest BCUT2D eigenvalue weighted by molar-refractivity contribution is 7.89. The summed E-state index contributed by atoms with van der Waals surface area (Å²) in [7, 11) is -3.74. The molecule has 0 saturated carbocycles. The van der Waals surface area contributed by atoms with Crippen molar-refractivity contribution in [1.82, 2.24) is 14.3 Å². The number of rotatable bonds is 2. The number of H-pyrrole nitrogens is 1. The van der Waals surface area contributed by atoms with Crippen LogP contribution in [0.2, 0.25) is 0 Å². The summed E-state index contributed by atoms with van der Waals surface area (Å²) in [6.07, 6.45) is 0. The van der Waals surface area contributed by atoms with Crippen LogP contribution in [-0.4, -0.2) is 22.7 Å². The number of hydrogen-bond acceptors (Lipinski definition) is 5. The van der Waals surface area contributed by atoms with Gasteiger partial charge < -0.3 is 9.40 Å². The lowest BCUT2D eigenvalue weighted by molar-refractivity contribution is 0.379. The lowest BCUT2D eigenvalue weighted by Gasteiger charge is -2.12. The van der Waals surface area contributed by atoms with Crippen molar-refractivity contribution in [2.45, 2.75) is 32.0 Å². The minimum absolute atomic E-state index is 0.0139. The van der Waals surface area contributed by atoms with Gasteiger partial charge in [0, 0.05) is 6.54 Å². The molecule has 2 aromatic rings. The van der Waals surface area contributed by atoms with E-state index in [1.807, 2.05) is 0 Å². The van der Waals surface area contributed by atoms with Gasteiger partial charge in [-0.05, 0) is 26.0 Å². The fraction of sp³-hybridized carbons (Fsp3) is 0.333. The van der Waals surface area contributed by atoms with Crippen molar-refractivity contribution in [2.75, 3.05) is 0 Å². The Hall–Kier alpha value is -1.93. The molecule has 0 amide bonds. The molecule has 0 bridgehead atoms. The molecule has 3 heterocycles. The van der Waals surface area contributed by atoms with Crippen LogP contribution in [0.15, 0.2) is 26.4 Å². The van der Waals surface area contributed by atoms with Crippen LogP contribution in [0.1, 0.15) is 22.8 Å². The van der Waals surface area contributed by atoms with Crippen LogP contribution in [0.3, 0.4) is 0 Å². The Morgan fingerprint density at radius 2 is 2.05 bits per heavy atom. The Balaban J connectivity index is 2.00. The first-order valence-electron chi connectivity index (χ1n) is 6.03. The normalized spacial score (nSPS) is 15.5. The Bertz CT molecular complexity index is 835. The van der Waals surface area contributed by atoms with E-state index < -0.39 is 10.0 Å². The van der Waals surface area contributed by atoms with Crippen molar-refractivity contribution in [1.29, 1.82) is 0 Å². The van der Waals surface area contributed by atoms with Crippen LogP contribution in [0, 0.1) is 13.8 Å². The Kier molecular flexibility index (Phi) is 2.80. The lowest BCUT2D eigenvalue weighted by atomic mass is 10.3. The Morgan fingerprint density at radius 1 is 1.30 bits per heavy atom. The molecule has 0 aliphatic carbocycles. The predicted octanol–water partition coefficient (Wildman–Crippen LogP) is 0.684. The molecule has 8 heteroatoms. The van der Waals surface area contributed by atoms with Gasteiger partial charge in [-0.3, -0.25) is 4.79 Å². The average Bonchev–Trinajstić information content (AvgIpc) is 2.95. The zero-order valence-electron chi connectivity index (χ0n) is 11.0. The number of nitrogens with one attached hydrogen (secondary N) is 1. The highest BCUT2D eigenvalue weighted by Gasteiger charge is 2.35. The quantitative estimate of drug-likeness (QED) is 0.879. The van der Waals surface area contributed by atoms with Crippen molar-refractivity contribution in [3.63, 3.8) is 0 Å². The van der Waals surface area contributed by atoms with Gasteiger partial charge in [0.15, 0.2) is 0 Å². The van der Waals surface area contributed by atoms with Gasteiger partial charge in [-0.2, -0.15) is 4.31 Å². The third kappa shape index (κ3) is 1.97. The second-order valence-corrected chi connectivity index (χ2v) is 6.58. The number of aromatic nitrogens is 2. The van der Waals surface area contributed by atoms with Crippen LogP contribution < -0.4 is 5.56 Å². The minimum atomic E-state index is -3.74. The average molecular weight is 295 g/mol. The van der Waals surface area contributed by atoms with E-state index in [1.54, 1.807) is 19.9 Å². The number of nitrogens with zero attached hydrogens (tertiary/aromatic N) is 2. The fourth-order valence-electron chi connectivity index (χ4n) is 2.21. The van der Waals surface area contributed by atoms with Gasteiger partial charge in [0.25, 0.3) is 15.6 Å². The molecule has 2 aromatic heterocycles. The number of fused-ring (bicyclic) bond motifs is 1. The standard InChI is InChI=1S/C12H13N3O4S/c1-7-3-4-11(19-7)20(17,18)15-5-9-10(6-15)13-8(2)14-12(9)16/h3-4H,5-6H2,1-2H3,(H,13,14,16). The van der Waals surface area contributed by atoms with Crippen molar-refractivity contribution in [3.05, 3.63) is 45.3 Å². The smallest absolute Gasteiger partial charge is 0.277 e. The summed E-state index contributed by atoms with van der Waals surface area (Å²) in [6, 6.07) is 3.00. The van der Waals surface area contributed by atoms with Gasteiger partial charge in [-0.1, -0.05) is 0 Å². The maximum absolute atomic E-state index is 12.4. The van der Waals surface area contributed by atoms with E-state index >= 15 is 0 Å². The van der Waals surface area contributed by atoms with E-state index in [0.29, 0.717) is 22.8 Å². The fourth-order valence-corrected chi connectivity index (χ4v) is 3.53. The molecule has 3 rings (SSSR count). The number of furan rings is 1. The van der Waals surface area contributed by atoms with Crippen molar-refractivity contribution < 1.29 is 12.8 Å². The van der Waals surface area contributed by atoms with Crippen molar-refractivity contribution in [3.8, 4) is 0 Å². The van der Waals surface area contributed by atoms with Crippen LogP contribution in [-0.2, 0) is 23.1 Å². The van der Waals surface area contributed by atoms with E-state index in [-0.39, 0.29) is 23.7 Å². The molecular formula is C12H13N3O4S. The molecule has 1 aliphatic heterocycles. The summed E-state index contributed by atoms with van der Waals surface area (Å²) in [4.78, 5) is 18.6. The first-order chi connectivity index (χ1) is 9.38. The molecule has 0 spiro atoms. The van der Waals surface area contributed by atoms with Crippen LogP contribution >= 0.6 is 0 Å². The molecular weight excluding hydrogens is 282 g/mol. The van der Waals surface area contributed by atoms with Crippen LogP contribution in [0.4, 0.5) is 0 Å². The number of hydrogen-bond donors (Lipinski definition) is 1. The van der Waals surface area contributed by atoms with Crippen LogP contribution in [0.5, 0.6) is 0 Å². The van der Waals surface area contributed by atoms with E-state index in [4.69, 9.17) is 4.42 Å². The minimum Gasteiger partial charge on any atom is -0.449 e. The highest BCUT2D eigenvalue weighted by atomic mass is 32.2. The van der Waals surface area contributed by atoms with Crippen molar-refractivity contribution in [2.24, 2.45) is 0 Å². The van der Waals surface area contributed by atoms with Gasteiger partial charge in [-0.15, -0.1) is 0 Å². The number of sulfonamides is 1. The summed E-state index contributed by atoms with van der Waals surface area (Å²) in [5.74, 6) is 0.994. The zero-order chi connectivity index (χ0) is 14.5. The zero-order valence-corrected chi connectivity index (χ0v) is 11.8. The SMILES string of the molecule is Cc1nc2c(c(=O)[nH]1)CN(S(=O)(=O)c1ccc(C)o1)C2. The second-order valence-electron chi connectivity index (χ2n) is 4.71. The summed E-state index contributed by atoms with van der Waals surface area (Å²) in [5, 5.41) is -0.115. The number of aryl methyl sites for hydroxylation is 2. The molecule has 0 fully saturated rings. The third-order valence-corrected chi connectivity index (χ3v) is 4.86. The van der Waals surface area contributed by atoms with Gasteiger partial charge >= 0.3 is 0 Å². The maximum Gasteiger partial charge on any atom is 0.277 e. The number of aromatic amines is 1. The maximum atomic E-state index is 12.4. The first-order valence-corrected chi connectivity index (χ1v) is 7.47. The van der Waals surface area contributed by atoms with E-state index in [9.17, 15) is 13.2 Å². The van der Waals surface area contributed by atoms with E-state index in [2.05, 4.69) is 9.97 Å². The molecule has 0 aromatic carbocycles. The van der Waals surface area contributed by atoms with Gasteiger partial charge in [-0.25, -0.2) is 13.4 Å². The molecule has 1 N–H and O–H groups in total. The van der Waals surface area contributed by atoms with Crippen molar-refractivity contribution >= 4 is 10.0 Å². The third-order valence-electron chi connectivity index (χ3n) is 3.19. The van der Waals surface area contributed by atoms with Gasteiger partial charge in [0.1, 0.15) is 11.6 Å². The second kappa shape index (κ2) is 4.29. The first kappa shape index (κ1) is 13.1. The van der Waals surface area contributed by atoms with E-state index in [0.717, 1.165) is 0 Å².